The highest BCUT2D eigenvalue weighted by molar-refractivity contribution is 6.98. The zero-order valence-corrected chi connectivity index (χ0v) is 20.0. The van der Waals surface area contributed by atoms with Crippen molar-refractivity contribution in [3.05, 3.63) is 127 Å². The van der Waals surface area contributed by atoms with Crippen molar-refractivity contribution < 1.29 is 9.47 Å². The Morgan fingerprint density at radius 1 is 0.405 bits per heavy atom. The molecule has 0 spiro atoms. The summed E-state index contributed by atoms with van der Waals surface area (Å²) in [6.45, 7) is 0.0645. The summed E-state index contributed by atoms with van der Waals surface area (Å²) < 4.78 is 13.1. The Balaban J connectivity index is 1.40. The van der Waals surface area contributed by atoms with Gasteiger partial charge in [-0.15, -0.1) is 0 Å². The molecule has 2 nitrogen and oxygen atoms in total. The van der Waals surface area contributed by atoms with Crippen LogP contribution in [0.15, 0.2) is 127 Å². The number of para-hydroxylation sites is 2. The van der Waals surface area contributed by atoms with Gasteiger partial charge in [-0.2, -0.15) is 0 Å². The summed E-state index contributed by atoms with van der Waals surface area (Å²) in [4.78, 5) is 0. The summed E-state index contributed by atoms with van der Waals surface area (Å²) in [6.07, 6.45) is 0. The van der Waals surface area contributed by atoms with Crippen LogP contribution in [0.4, 0.5) is 0 Å². The molecule has 0 aliphatic carbocycles. The van der Waals surface area contributed by atoms with Gasteiger partial charge in [0, 0.05) is 11.0 Å². The molecular formula is C34H21BO2. The smallest absolute Gasteiger partial charge is 0.260 e. The van der Waals surface area contributed by atoms with E-state index in [1.54, 1.807) is 0 Å². The molecule has 0 radical (unpaired) electrons. The van der Waals surface area contributed by atoms with Crippen molar-refractivity contribution in [3.63, 3.8) is 0 Å². The number of fused-ring (bicyclic) bond motifs is 5. The summed E-state index contributed by atoms with van der Waals surface area (Å²) >= 11 is 0. The van der Waals surface area contributed by atoms with Crippen LogP contribution in [0.3, 0.4) is 0 Å². The van der Waals surface area contributed by atoms with E-state index >= 15 is 0 Å². The van der Waals surface area contributed by atoms with Gasteiger partial charge in [0.1, 0.15) is 23.0 Å². The van der Waals surface area contributed by atoms with E-state index in [0.717, 1.165) is 39.6 Å². The minimum atomic E-state index is 0.0645. The molecule has 0 saturated carbocycles. The number of benzene rings is 6. The van der Waals surface area contributed by atoms with Gasteiger partial charge in [-0.3, -0.25) is 0 Å². The zero-order chi connectivity index (χ0) is 24.3. The molecule has 0 bridgehead atoms. The quantitative estimate of drug-likeness (QED) is 0.255. The van der Waals surface area contributed by atoms with Crippen molar-refractivity contribution >= 4 is 33.9 Å². The van der Waals surface area contributed by atoms with Crippen LogP contribution >= 0.6 is 0 Å². The van der Waals surface area contributed by atoms with E-state index < -0.39 is 0 Å². The lowest BCUT2D eigenvalue weighted by Crippen LogP contribution is -2.57. The van der Waals surface area contributed by atoms with E-state index in [4.69, 9.17) is 9.47 Å². The number of hydrogen-bond donors (Lipinski definition) is 0. The summed E-state index contributed by atoms with van der Waals surface area (Å²) in [6, 6.07) is 44.7. The maximum absolute atomic E-state index is 6.71. The van der Waals surface area contributed by atoms with Crippen molar-refractivity contribution in [2.75, 3.05) is 0 Å². The summed E-state index contributed by atoms with van der Waals surface area (Å²) in [7, 11) is 0. The number of hydrogen-bond acceptors (Lipinski definition) is 2. The summed E-state index contributed by atoms with van der Waals surface area (Å²) in [5, 5.41) is 2.43. The lowest BCUT2D eigenvalue weighted by Gasteiger charge is -2.34. The first-order valence-corrected chi connectivity index (χ1v) is 12.6. The van der Waals surface area contributed by atoms with E-state index in [1.807, 2.05) is 12.1 Å². The predicted molar refractivity (Wildman–Crippen MR) is 153 cm³/mol. The molecule has 0 unspecified atom stereocenters. The Kier molecular flexibility index (Phi) is 4.35. The summed E-state index contributed by atoms with van der Waals surface area (Å²) in [5.41, 5.74) is 8.13. The molecule has 37 heavy (non-hydrogen) atoms. The fourth-order valence-corrected chi connectivity index (χ4v) is 6.00. The van der Waals surface area contributed by atoms with Crippen LogP contribution in [-0.2, 0) is 0 Å². The van der Waals surface area contributed by atoms with Gasteiger partial charge in [0.05, 0.1) is 0 Å². The van der Waals surface area contributed by atoms with E-state index in [2.05, 4.69) is 115 Å². The molecule has 3 heteroatoms. The fourth-order valence-electron chi connectivity index (χ4n) is 6.00. The predicted octanol–water partition coefficient (Wildman–Crippen LogP) is 6.90. The summed E-state index contributed by atoms with van der Waals surface area (Å²) in [5.74, 6) is 3.56. The Bertz CT molecular complexity index is 1830. The van der Waals surface area contributed by atoms with E-state index in [-0.39, 0.29) is 6.71 Å². The van der Waals surface area contributed by atoms with Crippen LogP contribution < -0.4 is 25.9 Å². The average Bonchev–Trinajstić information content (AvgIpc) is 2.97. The minimum absolute atomic E-state index is 0.0645. The third kappa shape index (κ3) is 3.01. The van der Waals surface area contributed by atoms with Crippen molar-refractivity contribution in [1.82, 2.24) is 0 Å². The SMILES string of the molecule is c1ccc(-c2ccc(-c3ccc4c5c3Oc3ccccc3B5c3ccccc3O4)c3ccccc23)cc1. The Hall–Kier alpha value is -4.76. The first kappa shape index (κ1) is 20.4. The minimum Gasteiger partial charge on any atom is -0.458 e. The van der Waals surface area contributed by atoms with Crippen molar-refractivity contribution in [2.24, 2.45) is 0 Å². The molecule has 0 saturated heterocycles. The molecule has 0 N–H and O–H groups in total. The van der Waals surface area contributed by atoms with Gasteiger partial charge in [-0.05, 0) is 62.7 Å². The topological polar surface area (TPSA) is 18.5 Å². The van der Waals surface area contributed by atoms with E-state index in [1.165, 1.54) is 32.8 Å². The second-order valence-electron chi connectivity index (χ2n) is 9.64. The van der Waals surface area contributed by atoms with Crippen molar-refractivity contribution in [3.8, 4) is 45.3 Å². The lowest BCUT2D eigenvalue weighted by molar-refractivity contribution is 0.465. The van der Waals surface area contributed by atoms with Gasteiger partial charge in [-0.25, -0.2) is 0 Å². The number of rotatable bonds is 2. The highest BCUT2D eigenvalue weighted by atomic mass is 16.5. The molecule has 0 fully saturated rings. The van der Waals surface area contributed by atoms with Crippen LogP contribution in [0.2, 0.25) is 0 Å². The number of ether oxygens (including phenoxy) is 2. The van der Waals surface area contributed by atoms with Crippen LogP contribution in [0, 0.1) is 0 Å². The zero-order valence-electron chi connectivity index (χ0n) is 20.0. The van der Waals surface area contributed by atoms with Crippen LogP contribution in [0.25, 0.3) is 33.0 Å². The first-order chi connectivity index (χ1) is 18.4. The third-order valence-electron chi connectivity index (χ3n) is 7.64. The Morgan fingerprint density at radius 2 is 0.973 bits per heavy atom. The van der Waals surface area contributed by atoms with Gasteiger partial charge in [0.15, 0.2) is 0 Å². The first-order valence-electron chi connectivity index (χ1n) is 12.6. The van der Waals surface area contributed by atoms with Gasteiger partial charge >= 0.3 is 0 Å². The largest absolute Gasteiger partial charge is 0.458 e. The molecular weight excluding hydrogens is 451 g/mol. The van der Waals surface area contributed by atoms with Crippen molar-refractivity contribution in [1.29, 1.82) is 0 Å². The molecule has 6 aromatic rings. The average molecular weight is 472 g/mol. The normalized spacial score (nSPS) is 12.7. The van der Waals surface area contributed by atoms with Crippen LogP contribution in [-0.4, -0.2) is 6.71 Å². The fraction of sp³-hybridized carbons (Fsp3) is 0. The van der Waals surface area contributed by atoms with Gasteiger partial charge < -0.3 is 9.47 Å². The van der Waals surface area contributed by atoms with Gasteiger partial charge in [0.25, 0.3) is 6.71 Å². The molecule has 0 atom stereocenters. The molecule has 0 aromatic heterocycles. The molecule has 8 rings (SSSR count). The molecule has 6 aromatic carbocycles. The van der Waals surface area contributed by atoms with Crippen molar-refractivity contribution in [2.45, 2.75) is 0 Å². The lowest BCUT2D eigenvalue weighted by atomic mass is 9.34. The molecule has 2 heterocycles. The second-order valence-corrected chi connectivity index (χ2v) is 9.64. The maximum atomic E-state index is 6.71. The Morgan fingerprint density at radius 3 is 1.73 bits per heavy atom. The monoisotopic (exact) mass is 472 g/mol. The Labute approximate surface area is 215 Å². The third-order valence-corrected chi connectivity index (χ3v) is 7.64. The molecule has 0 amide bonds. The van der Waals surface area contributed by atoms with E-state index in [0.29, 0.717) is 0 Å². The van der Waals surface area contributed by atoms with Gasteiger partial charge in [-0.1, -0.05) is 103 Å². The second kappa shape index (κ2) is 7.87. The molecule has 2 aliphatic heterocycles. The van der Waals surface area contributed by atoms with Gasteiger partial charge in [0.2, 0.25) is 0 Å². The van der Waals surface area contributed by atoms with Crippen LogP contribution in [0.5, 0.6) is 23.0 Å². The maximum Gasteiger partial charge on any atom is 0.260 e. The molecule has 2 aliphatic rings. The highest BCUT2D eigenvalue weighted by Crippen LogP contribution is 2.43. The molecule has 172 valence electrons. The van der Waals surface area contributed by atoms with Crippen LogP contribution in [0.1, 0.15) is 0 Å². The highest BCUT2D eigenvalue weighted by Gasteiger charge is 2.41. The van der Waals surface area contributed by atoms with E-state index in [9.17, 15) is 0 Å². The standard InChI is InChI=1S/C34H21BO2/c1-2-10-22(11-3-1)23-18-19-26(25-13-5-4-12-24(23)25)27-20-21-32-33-34(27)37-31-17-9-7-15-29(31)35(33)28-14-6-8-16-30(28)36-32/h1-21H.